The van der Waals surface area contributed by atoms with Crippen molar-refractivity contribution in [1.82, 2.24) is 0 Å². The highest BCUT2D eigenvalue weighted by molar-refractivity contribution is 7.61. The molecule has 0 saturated heterocycles. The molecule has 0 aliphatic heterocycles. The van der Waals surface area contributed by atoms with Crippen molar-refractivity contribution in [3.05, 3.63) is 23.8 Å². The maximum atomic E-state index is 12.0. The Labute approximate surface area is 96.0 Å². The Balaban J connectivity index is 3.02. The highest BCUT2D eigenvalue weighted by Crippen LogP contribution is 2.44. The predicted molar refractivity (Wildman–Crippen MR) is 65.9 cm³/mol. The summed E-state index contributed by atoms with van der Waals surface area (Å²) in [5.41, 5.74) is 6.96. The summed E-state index contributed by atoms with van der Waals surface area (Å²) in [6.45, 7) is 5.52. The third-order valence-corrected chi connectivity index (χ3v) is 4.05. The lowest BCUT2D eigenvalue weighted by Gasteiger charge is -2.18. The Morgan fingerprint density at radius 1 is 1.56 bits per heavy atom. The van der Waals surface area contributed by atoms with Gasteiger partial charge in [0.2, 0.25) is 0 Å². The standard InChI is InChI=1S/C11H18NO3P/c1-4-9(3)15-16(13,14)11-6-5-8(2)7-10(11)12/h5-7,9H,4,12H2,1-3H3,(H,13,14). The fourth-order valence-corrected chi connectivity index (χ4v) is 2.71. The molecule has 0 fully saturated rings. The van der Waals surface area contributed by atoms with Crippen molar-refractivity contribution < 1.29 is 14.0 Å². The summed E-state index contributed by atoms with van der Waals surface area (Å²) in [7, 11) is -3.80. The summed E-state index contributed by atoms with van der Waals surface area (Å²) < 4.78 is 17.1. The van der Waals surface area contributed by atoms with Crippen LogP contribution in [0.3, 0.4) is 0 Å². The van der Waals surface area contributed by atoms with E-state index in [0.717, 1.165) is 5.56 Å². The van der Waals surface area contributed by atoms with E-state index in [9.17, 15) is 9.46 Å². The van der Waals surface area contributed by atoms with Crippen molar-refractivity contribution in [2.24, 2.45) is 0 Å². The fourth-order valence-electron chi connectivity index (χ4n) is 1.31. The van der Waals surface area contributed by atoms with Gasteiger partial charge in [0.05, 0.1) is 11.4 Å². The molecule has 2 unspecified atom stereocenters. The van der Waals surface area contributed by atoms with Gasteiger partial charge in [-0.2, -0.15) is 0 Å². The maximum Gasteiger partial charge on any atom is 0.361 e. The van der Waals surface area contributed by atoms with Crippen LogP contribution in [0.1, 0.15) is 25.8 Å². The third-order valence-electron chi connectivity index (χ3n) is 2.39. The van der Waals surface area contributed by atoms with E-state index in [4.69, 9.17) is 10.3 Å². The molecule has 4 nitrogen and oxygen atoms in total. The van der Waals surface area contributed by atoms with Gasteiger partial charge in [-0.3, -0.25) is 4.57 Å². The maximum absolute atomic E-state index is 12.0. The Bertz CT molecular complexity index is 420. The molecule has 0 spiro atoms. The van der Waals surface area contributed by atoms with Gasteiger partial charge in [0.15, 0.2) is 0 Å². The van der Waals surface area contributed by atoms with Crippen LogP contribution < -0.4 is 11.0 Å². The number of nitrogen functional groups attached to an aromatic ring is 1. The molecule has 0 aliphatic carbocycles. The lowest BCUT2D eigenvalue weighted by atomic mass is 10.2. The SMILES string of the molecule is CCC(C)OP(=O)(O)c1ccc(C)cc1N. The molecule has 5 heteroatoms. The number of benzene rings is 1. The molecule has 90 valence electrons. The van der Waals surface area contributed by atoms with E-state index >= 15 is 0 Å². The molecule has 2 atom stereocenters. The van der Waals surface area contributed by atoms with Crippen LogP contribution in [0.25, 0.3) is 0 Å². The van der Waals surface area contributed by atoms with Gasteiger partial charge in [0.25, 0.3) is 0 Å². The first kappa shape index (κ1) is 13.2. The lowest BCUT2D eigenvalue weighted by Crippen LogP contribution is -2.16. The highest BCUT2D eigenvalue weighted by Gasteiger charge is 2.27. The number of hydrogen-bond donors (Lipinski definition) is 2. The van der Waals surface area contributed by atoms with Crippen LogP contribution in [0, 0.1) is 6.92 Å². The minimum absolute atomic E-state index is 0.179. The van der Waals surface area contributed by atoms with Gasteiger partial charge in [-0.05, 0) is 38.0 Å². The van der Waals surface area contributed by atoms with E-state index in [1.54, 1.807) is 25.1 Å². The van der Waals surface area contributed by atoms with E-state index in [1.165, 1.54) is 0 Å². The molecule has 0 heterocycles. The van der Waals surface area contributed by atoms with Gasteiger partial charge >= 0.3 is 7.60 Å². The summed E-state index contributed by atoms with van der Waals surface area (Å²) in [5, 5.41) is 0.179. The monoisotopic (exact) mass is 243 g/mol. The van der Waals surface area contributed by atoms with Crippen molar-refractivity contribution >= 4 is 18.6 Å². The molecular weight excluding hydrogens is 225 g/mol. The summed E-state index contributed by atoms with van der Waals surface area (Å²) >= 11 is 0. The van der Waals surface area contributed by atoms with Gasteiger partial charge in [0, 0.05) is 5.69 Å². The molecule has 0 radical (unpaired) electrons. The van der Waals surface area contributed by atoms with Crippen LogP contribution in [-0.4, -0.2) is 11.0 Å². The van der Waals surface area contributed by atoms with Crippen molar-refractivity contribution in [2.45, 2.75) is 33.3 Å². The summed E-state index contributed by atoms with van der Waals surface area (Å²) in [6, 6.07) is 4.96. The van der Waals surface area contributed by atoms with Gasteiger partial charge < -0.3 is 15.2 Å². The van der Waals surface area contributed by atoms with Crippen molar-refractivity contribution in [3.63, 3.8) is 0 Å². The topological polar surface area (TPSA) is 72.5 Å². The van der Waals surface area contributed by atoms with Crippen LogP contribution in [0.4, 0.5) is 5.69 Å². The highest BCUT2D eigenvalue weighted by atomic mass is 31.2. The Hall–Kier alpha value is -0.830. The number of aryl methyl sites for hydroxylation is 1. The second-order valence-electron chi connectivity index (χ2n) is 3.91. The molecule has 0 amide bonds. The van der Waals surface area contributed by atoms with Crippen LogP contribution in [-0.2, 0) is 9.09 Å². The molecule has 3 N–H and O–H groups in total. The third kappa shape index (κ3) is 3.08. The van der Waals surface area contributed by atoms with E-state index in [1.807, 2.05) is 13.8 Å². The average molecular weight is 243 g/mol. The van der Waals surface area contributed by atoms with Crippen molar-refractivity contribution in [1.29, 1.82) is 0 Å². The average Bonchev–Trinajstić information content (AvgIpc) is 2.16. The van der Waals surface area contributed by atoms with E-state index in [0.29, 0.717) is 12.1 Å². The van der Waals surface area contributed by atoms with Crippen molar-refractivity contribution in [3.8, 4) is 0 Å². The van der Waals surface area contributed by atoms with E-state index in [2.05, 4.69) is 0 Å². The largest absolute Gasteiger partial charge is 0.398 e. The van der Waals surface area contributed by atoms with Gasteiger partial charge in [-0.25, -0.2) is 0 Å². The zero-order chi connectivity index (χ0) is 12.3. The predicted octanol–water partition coefficient (Wildman–Crippen LogP) is 2.20. The first-order chi connectivity index (χ1) is 7.36. The zero-order valence-corrected chi connectivity index (χ0v) is 10.7. The molecule has 0 aliphatic rings. The first-order valence-corrected chi connectivity index (χ1v) is 6.82. The van der Waals surface area contributed by atoms with E-state index < -0.39 is 7.60 Å². The number of rotatable bonds is 4. The number of hydrogen-bond acceptors (Lipinski definition) is 3. The Kier molecular flexibility index (Phi) is 4.14. The normalized spacial score (nSPS) is 16.8. The molecule has 0 bridgehead atoms. The molecule has 16 heavy (non-hydrogen) atoms. The Morgan fingerprint density at radius 2 is 2.19 bits per heavy atom. The zero-order valence-electron chi connectivity index (χ0n) is 9.80. The summed E-state index contributed by atoms with van der Waals surface area (Å²) in [4.78, 5) is 9.81. The van der Waals surface area contributed by atoms with Gasteiger partial charge in [-0.1, -0.05) is 13.0 Å². The minimum atomic E-state index is -3.80. The van der Waals surface area contributed by atoms with Crippen LogP contribution >= 0.6 is 7.60 Å². The number of nitrogens with two attached hydrogens (primary N) is 1. The van der Waals surface area contributed by atoms with Crippen LogP contribution in [0.15, 0.2) is 18.2 Å². The van der Waals surface area contributed by atoms with Gasteiger partial charge in [0.1, 0.15) is 0 Å². The minimum Gasteiger partial charge on any atom is -0.398 e. The molecule has 1 rings (SSSR count). The second kappa shape index (κ2) is 5.00. The first-order valence-electron chi connectivity index (χ1n) is 5.24. The molecule has 1 aromatic rings. The molecule has 1 aromatic carbocycles. The second-order valence-corrected chi connectivity index (χ2v) is 5.64. The smallest absolute Gasteiger partial charge is 0.361 e. The van der Waals surface area contributed by atoms with Gasteiger partial charge in [-0.15, -0.1) is 0 Å². The fraction of sp³-hybridized carbons (Fsp3) is 0.455. The van der Waals surface area contributed by atoms with Crippen LogP contribution in [0.2, 0.25) is 0 Å². The lowest BCUT2D eigenvalue weighted by molar-refractivity contribution is 0.192. The quantitative estimate of drug-likeness (QED) is 0.628. The number of anilines is 1. The summed E-state index contributed by atoms with van der Waals surface area (Å²) in [6.07, 6.45) is 0.410. The van der Waals surface area contributed by atoms with E-state index in [-0.39, 0.29) is 11.4 Å². The summed E-state index contributed by atoms with van der Waals surface area (Å²) in [5.74, 6) is 0. The Morgan fingerprint density at radius 3 is 2.69 bits per heavy atom. The van der Waals surface area contributed by atoms with Crippen LogP contribution in [0.5, 0.6) is 0 Å². The molecule has 0 aromatic heterocycles. The molecule has 0 saturated carbocycles. The van der Waals surface area contributed by atoms with Crippen molar-refractivity contribution in [2.75, 3.05) is 5.73 Å². The molecular formula is C11H18NO3P.